The molecule has 2 aliphatic rings. The lowest BCUT2D eigenvalue weighted by Crippen LogP contribution is -2.55. The number of halogens is 2. The summed E-state index contributed by atoms with van der Waals surface area (Å²) in [6.07, 6.45) is 7.02. The minimum absolute atomic E-state index is 0. The lowest BCUT2D eigenvalue weighted by Gasteiger charge is -2.48. The molecule has 2 fully saturated rings. The van der Waals surface area contributed by atoms with Gasteiger partial charge < -0.3 is 10.2 Å². The third kappa shape index (κ3) is 2.75. The van der Waals surface area contributed by atoms with E-state index >= 15 is 0 Å². The van der Waals surface area contributed by atoms with E-state index in [2.05, 4.69) is 17.3 Å². The largest absolute Gasteiger partial charge is 0.317 e. The summed E-state index contributed by atoms with van der Waals surface area (Å²) >= 11 is 0. The van der Waals surface area contributed by atoms with Crippen LogP contribution in [0.15, 0.2) is 0 Å². The van der Waals surface area contributed by atoms with Gasteiger partial charge in [-0.2, -0.15) is 0 Å². The quantitative estimate of drug-likeness (QED) is 0.698. The maximum Gasteiger partial charge on any atom is 0.0230 e. The van der Waals surface area contributed by atoms with Crippen molar-refractivity contribution in [3.63, 3.8) is 0 Å². The van der Waals surface area contributed by atoms with Crippen molar-refractivity contribution in [1.29, 1.82) is 0 Å². The van der Waals surface area contributed by atoms with E-state index < -0.39 is 0 Å². The highest BCUT2D eigenvalue weighted by molar-refractivity contribution is 5.85. The van der Waals surface area contributed by atoms with Crippen LogP contribution in [0.4, 0.5) is 0 Å². The molecule has 0 atom stereocenters. The topological polar surface area (TPSA) is 15.3 Å². The number of hydrogen-bond donors (Lipinski definition) is 1. The van der Waals surface area contributed by atoms with E-state index in [0.29, 0.717) is 5.54 Å². The second-order valence-electron chi connectivity index (χ2n) is 4.35. The Balaban J connectivity index is 0.000000845. The molecule has 0 saturated carbocycles. The molecule has 86 valence electrons. The Hall–Kier alpha value is 0.500. The Labute approximate surface area is 99.6 Å². The van der Waals surface area contributed by atoms with Gasteiger partial charge in [-0.1, -0.05) is 6.42 Å². The smallest absolute Gasteiger partial charge is 0.0230 e. The van der Waals surface area contributed by atoms with Crippen LogP contribution in [0.25, 0.3) is 0 Å². The average Bonchev–Trinajstić information content (AvgIpc) is 2.12. The Morgan fingerprint density at radius 1 is 1.00 bits per heavy atom. The monoisotopic (exact) mass is 240 g/mol. The van der Waals surface area contributed by atoms with E-state index in [1.54, 1.807) is 0 Å². The predicted molar refractivity (Wildman–Crippen MR) is 65.8 cm³/mol. The standard InChI is InChI=1S/C10H20N2.2ClH/c1-12-9-3-2-4-10(12)5-7-11-8-6-10;;/h11H,2-9H2,1H3;2*1H. The Kier molecular flexibility index (Phi) is 6.38. The fourth-order valence-electron chi connectivity index (χ4n) is 2.75. The minimum Gasteiger partial charge on any atom is -0.317 e. The number of piperidine rings is 2. The second kappa shape index (κ2) is 6.16. The normalized spacial score (nSPS) is 26.4. The highest BCUT2D eigenvalue weighted by Crippen LogP contribution is 2.33. The van der Waals surface area contributed by atoms with Gasteiger partial charge in [-0.05, 0) is 52.4 Å². The van der Waals surface area contributed by atoms with E-state index in [1.807, 2.05) is 0 Å². The fraction of sp³-hybridized carbons (Fsp3) is 1.00. The summed E-state index contributed by atoms with van der Waals surface area (Å²) in [5.41, 5.74) is 0.587. The summed E-state index contributed by atoms with van der Waals surface area (Å²) in [7, 11) is 2.31. The maximum atomic E-state index is 3.45. The van der Waals surface area contributed by atoms with Crippen LogP contribution < -0.4 is 5.32 Å². The van der Waals surface area contributed by atoms with E-state index in [9.17, 15) is 0 Å². The van der Waals surface area contributed by atoms with Crippen LogP contribution in [0.3, 0.4) is 0 Å². The van der Waals surface area contributed by atoms with Crippen LogP contribution in [-0.2, 0) is 0 Å². The number of rotatable bonds is 0. The van der Waals surface area contributed by atoms with Gasteiger partial charge in [0, 0.05) is 5.54 Å². The van der Waals surface area contributed by atoms with Crippen molar-refractivity contribution in [2.75, 3.05) is 26.7 Å². The Morgan fingerprint density at radius 2 is 1.64 bits per heavy atom. The van der Waals surface area contributed by atoms with E-state index in [4.69, 9.17) is 0 Å². The third-order valence-corrected chi connectivity index (χ3v) is 3.73. The van der Waals surface area contributed by atoms with Crippen LogP contribution in [0, 0.1) is 0 Å². The Bertz CT molecular complexity index is 150. The molecule has 14 heavy (non-hydrogen) atoms. The van der Waals surface area contributed by atoms with Crippen molar-refractivity contribution in [3.8, 4) is 0 Å². The van der Waals surface area contributed by atoms with Crippen molar-refractivity contribution in [2.24, 2.45) is 0 Å². The van der Waals surface area contributed by atoms with Crippen molar-refractivity contribution in [1.82, 2.24) is 10.2 Å². The molecular weight excluding hydrogens is 219 g/mol. The third-order valence-electron chi connectivity index (χ3n) is 3.73. The molecule has 2 aliphatic heterocycles. The second-order valence-corrected chi connectivity index (χ2v) is 4.35. The van der Waals surface area contributed by atoms with Gasteiger partial charge in [-0.25, -0.2) is 0 Å². The van der Waals surface area contributed by atoms with Gasteiger partial charge in [0.15, 0.2) is 0 Å². The summed E-state index contributed by atoms with van der Waals surface area (Å²) in [5, 5.41) is 3.45. The molecule has 1 spiro atoms. The first-order valence-corrected chi connectivity index (χ1v) is 5.25. The molecular formula is C10H22Cl2N2. The summed E-state index contributed by atoms with van der Waals surface area (Å²) < 4.78 is 0. The molecule has 2 heterocycles. The van der Waals surface area contributed by atoms with Crippen LogP contribution >= 0.6 is 24.8 Å². The van der Waals surface area contributed by atoms with Crippen LogP contribution in [0.5, 0.6) is 0 Å². The molecule has 0 aromatic carbocycles. The summed E-state index contributed by atoms with van der Waals surface area (Å²) in [6.45, 7) is 3.77. The average molecular weight is 241 g/mol. The zero-order valence-electron chi connectivity index (χ0n) is 8.92. The highest BCUT2D eigenvalue weighted by Gasteiger charge is 2.37. The zero-order chi connectivity index (χ0) is 8.44. The van der Waals surface area contributed by atoms with Crippen LogP contribution in [0.1, 0.15) is 32.1 Å². The van der Waals surface area contributed by atoms with E-state index in [-0.39, 0.29) is 24.8 Å². The molecule has 4 heteroatoms. The van der Waals surface area contributed by atoms with Gasteiger partial charge in [-0.3, -0.25) is 0 Å². The first kappa shape index (κ1) is 14.5. The molecule has 0 unspecified atom stereocenters. The molecule has 0 amide bonds. The van der Waals surface area contributed by atoms with Crippen molar-refractivity contribution < 1.29 is 0 Å². The summed E-state index contributed by atoms with van der Waals surface area (Å²) in [6, 6.07) is 0. The fourth-order valence-corrected chi connectivity index (χ4v) is 2.75. The van der Waals surface area contributed by atoms with Crippen LogP contribution in [0.2, 0.25) is 0 Å². The minimum atomic E-state index is 0. The SMILES string of the molecule is CN1CCCCC12CCNCC2.Cl.Cl. The summed E-state index contributed by atoms with van der Waals surface area (Å²) in [5.74, 6) is 0. The lowest BCUT2D eigenvalue weighted by atomic mass is 9.79. The molecule has 0 bridgehead atoms. The number of nitrogens with one attached hydrogen (secondary N) is 1. The van der Waals surface area contributed by atoms with Crippen LogP contribution in [-0.4, -0.2) is 37.1 Å². The molecule has 0 aromatic rings. The summed E-state index contributed by atoms with van der Waals surface area (Å²) in [4.78, 5) is 2.61. The van der Waals surface area contributed by atoms with Gasteiger partial charge in [0.1, 0.15) is 0 Å². The van der Waals surface area contributed by atoms with Gasteiger partial charge >= 0.3 is 0 Å². The Morgan fingerprint density at radius 3 is 2.21 bits per heavy atom. The van der Waals surface area contributed by atoms with E-state index in [1.165, 1.54) is 51.7 Å². The number of nitrogens with zero attached hydrogens (tertiary/aromatic N) is 1. The van der Waals surface area contributed by atoms with Gasteiger partial charge in [0.25, 0.3) is 0 Å². The molecule has 0 radical (unpaired) electrons. The molecule has 2 nitrogen and oxygen atoms in total. The first-order chi connectivity index (χ1) is 5.83. The van der Waals surface area contributed by atoms with Gasteiger partial charge in [0.2, 0.25) is 0 Å². The highest BCUT2D eigenvalue weighted by atomic mass is 35.5. The first-order valence-electron chi connectivity index (χ1n) is 5.25. The van der Waals surface area contributed by atoms with Crippen molar-refractivity contribution in [3.05, 3.63) is 0 Å². The van der Waals surface area contributed by atoms with Crippen molar-refractivity contribution in [2.45, 2.75) is 37.6 Å². The molecule has 2 saturated heterocycles. The zero-order valence-corrected chi connectivity index (χ0v) is 10.6. The molecule has 1 N–H and O–H groups in total. The maximum absolute atomic E-state index is 3.45. The number of likely N-dealkylation sites (tertiary alicyclic amines) is 1. The van der Waals surface area contributed by atoms with E-state index in [0.717, 1.165) is 0 Å². The lowest BCUT2D eigenvalue weighted by molar-refractivity contribution is 0.0439. The van der Waals surface area contributed by atoms with Gasteiger partial charge in [-0.15, -0.1) is 24.8 Å². The molecule has 2 rings (SSSR count). The van der Waals surface area contributed by atoms with Gasteiger partial charge in [0.05, 0.1) is 0 Å². The van der Waals surface area contributed by atoms with Crippen molar-refractivity contribution >= 4 is 24.8 Å². The molecule has 0 aliphatic carbocycles. The number of hydrogen-bond acceptors (Lipinski definition) is 2. The predicted octanol–water partition coefficient (Wildman–Crippen LogP) is 2.07. The molecule has 0 aromatic heterocycles.